The number of aromatic carboxylic acids is 1. The number of aryl methyl sites for hydroxylation is 1. The number of nitrogens with zero attached hydrogens (tertiary/aromatic N) is 1. The molecule has 0 bridgehead atoms. The molecule has 0 radical (unpaired) electrons. The van der Waals surface area contributed by atoms with Crippen LogP contribution in [0.4, 0.5) is 5.69 Å². The predicted octanol–water partition coefficient (Wildman–Crippen LogP) is 4.95. The van der Waals surface area contributed by atoms with E-state index >= 15 is 0 Å². The van der Waals surface area contributed by atoms with Gasteiger partial charge in [-0.1, -0.05) is 60.2 Å². The first kappa shape index (κ1) is 18.5. The molecule has 2 N–H and O–H groups in total. The van der Waals surface area contributed by atoms with Gasteiger partial charge in [0.2, 0.25) is 0 Å². The van der Waals surface area contributed by atoms with E-state index < -0.39 is 5.97 Å². The molecule has 4 aromatic rings. The molecule has 5 nitrogen and oxygen atoms in total. The second kappa shape index (κ2) is 7.64. The zero-order valence-corrected chi connectivity index (χ0v) is 15.9. The molecule has 0 atom stereocenters. The molecule has 5 heteroatoms. The Kier molecular flexibility index (Phi) is 4.87. The van der Waals surface area contributed by atoms with Gasteiger partial charge in [0.15, 0.2) is 0 Å². The van der Waals surface area contributed by atoms with Gasteiger partial charge in [-0.25, -0.2) is 4.79 Å². The summed E-state index contributed by atoms with van der Waals surface area (Å²) in [4.78, 5) is 24.4. The molecule has 0 aliphatic rings. The lowest BCUT2D eigenvalue weighted by atomic mass is 10.1. The monoisotopic (exact) mass is 384 g/mol. The second-order valence-electron chi connectivity index (χ2n) is 6.98. The molecule has 0 fully saturated rings. The van der Waals surface area contributed by atoms with Crippen LogP contribution < -0.4 is 5.32 Å². The van der Waals surface area contributed by atoms with Gasteiger partial charge in [-0.3, -0.25) is 4.79 Å². The molecule has 4 rings (SSSR count). The van der Waals surface area contributed by atoms with Crippen LogP contribution in [0.25, 0.3) is 10.9 Å². The van der Waals surface area contributed by atoms with Crippen LogP contribution >= 0.6 is 0 Å². The number of fused-ring (bicyclic) bond motifs is 1. The van der Waals surface area contributed by atoms with E-state index in [4.69, 9.17) is 0 Å². The number of para-hydroxylation sites is 2. The van der Waals surface area contributed by atoms with Crippen molar-refractivity contribution in [2.24, 2.45) is 0 Å². The van der Waals surface area contributed by atoms with Crippen LogP contribution in [-0.4, -0.2) is 21.6 Å². The van der Waals surface area contributed by atoms with Crippen molar-refractivity contribution in [3.63, 3.8) is 0 Å². The molecule has 1 amide bonds. The summed E-state index contributed by atoms with van der Waals surface area (Å²) in [5.41, 5.74) is 4.13. The Labute approximate surface area is 168 Å². The van der Waals surface area contributed by atoms with Gasteiger partial charge in [-0.15, -0.1) is 0 Å². The largest absolute Gasteiger partial charge is 0.478 e. The number of hydrogen-bond donors (Lipinski definition) is 2. The third-order valence-electron chi connectivity index (χ3n) is 4.91. The normalized spacial score (nSPS) is 10.8. The lowest BCUT2D eigenvalue weighted by molar-refractivity contribution is 0.0698. The summed E-state index contributed by atoms with van der Waals surface area (Å²) in [6.07, 6.45) is 1.82. The molecule has 0 saturated carbocycles. The van der Waals surface area contributed by atoms with Gasteiger partial charge >= 0.3 is 5.97 Å². The van der Waals surface area contributed by atoms with Crippen molar-refractivity contribution in [3.05, 3.63) is 101 Å². The third kappa shape index (κ3) is 3.75. The smallest absolute Gasteiger partial charge is 0.337 e. The van der Waals surface area contributed by atoms with Crippen molar-refractivity contribution in [2.45, 2.75) is 13.5 Å². The van der Waals surface area contributed by atoms with Gasteiger partial charge < -0.3 is 15.0 Å². The number of amides is 1. The van der Waals surface area contributed by atoms with E-state index in [0.29, 0.717) is 12.1 Å². The number of benzene rings is 3. The van der Waals surface area contributed by atoms with E-state index in [-0.39, 0.29) is 17.2 Å². The summed E-state index contributed by atoms with van der Waals surface area (Å²) in [5, 5.41) is 12.9. The fraction of sp³-hybridized carbons (Fsp3) is 0.0833. The summed E-state index contributed by atoms with van der Waals surface area (Å²) in [7, 11) is 0. The Bertz CT molecular complexity index is 1210. The third-order valence-corrected chi connectivity index (χ3v) is 4.91. The number of nitrogens with one attached hydrogen (secondary N) is 1. The highest BCUT2D eigenvalue weighted by Crippen LogP contribution is 2.24. The molecular formula is C24H20N2O3. The molecule has 29 heavy (non-hydrogen) atoms. The average Bonchev–Trinajstić information content (AvgIpc) is 3.09. The van der Waals surface area contributed by atoms with Crippen molar-refractivity contribution in [3.8, 4) is 0 Å². The van der Waals surface area contributed by atoms with Crippen LogP contribution in [0, 0.1) is 6.92 Å². The molecule has 0 spiro atoms. The Morgan fingerprint density at radius 3 is 2.34 bits per heavy atom. The molecule has 144 valence electrons. The van der Waals surface area contributed by atoms with Gasteiger partial charge in [0.25, 0.3) is 5.91 Å². The van der Waals surface area contributed by atoms with E-state index in [0.717, 1.165) is 16.5 Å². The Morgan fingerprint density at radius 2 is 1.59 bits per heavy atom. The standard InChI is InChI=1S/C24H20N2O3/c1-16-10-12-17(13-11-16)14-26-15-20(18-6-3-5-9-22(18)26)23(27)25-21-8-4-2-7-19(21)24(28)29/h2-13,15H,14H2,1H3,(H,25,27)(H,28,29). The lowest BCUT2D eigenvalue weighted by Crippen LogP contribution is -2.14. The second-order valence-corrected chi connectivity index (χ2v) is 6.98. The predicted molar refractivity (Wildman–Crippen MR) is 114 cm³/mol. The highest BCUT2D eigenvalue weighted by Gasteiger charge is 2.17. The molecule has 0 aliphatic carbocycles. The molecule has 0 saturated heterocycles. The highest BCUT2D eigenvalue weighted by atomic mass is 16.4. The van der Waals surface area contributed by atoms with Crippen molar-refractivity contribution in [1.29, 1.82) is 0 Å². The fourth-order valence-electron chi connectivity index (χ4n) is 3.42. The first-order valence-electron chi connectivity index (χ1n) is 9.30. The molecule has 1 aromatic heterocycles. The van der Waals surface area contributed by atoms with Crippen LogP contribution in [0.1, 0.15) is 31.8 Å². The fourth-order valence-corrected chi connectivity index (χ4v) is 3.42. The van der Waals surface area contributed by atoms with E-state index in [1.54, 1.807) is 18.2 Å². The summed E-state index contributed by atoms with van der Waals surface area (Å²) in [5.74, 6) is -1.42. The van der Waals surface area contributed by atoms with Crippen molar-refractivity contribution in [2.75, 3.05) is 5.32 Å². The van der Waals surface area contributed by atoms with Crippen molar-refractivity contribution >= 4 is 28.5 Å². The summed E-state index contributed by atoms with van der Waals surface area (Å²) in [6, 6.07) is 22.4. The zero-order valence-electron chi connectivity index (χ0n) is 15.9. The summed E-state index contributed by atoms with van der Waals surface area (Å²) >= 11 is 0. The molecule has 3 aromatic carbocycles. The van der Waals surface area contributed by atoms with E-state index in [1.165, 1.54) is 11.6 Å². The van der Waals surface area contributed by atoms with Gasteiger partial charge in [0, 0.05) is 23.6 Å². The van der Waals surface area contributed by atoms with Gasteiger partial charge in [-0.05, 0) is 30.7 Å². The number of anilines is 1. The van der Waals surface area contributed by atoms with Crippen LogP contribution in [0.5, 0.6) is 0 Å². The van der Waals surface area contributed by atoms with Gasteiger partial charge in [-0.2, -0.15) is 0 Å². The van der Waals surface area contributed by atoms with Crippen molar-refractivity contribution < 1.29 is 14.7 Å². The maximum Gasteiger partial charge on any atom is 0.337 e. The van der Waals surface area contributed by atoms with Crippen LogP contribution in [0.2, 0.25) is 0 Å². The highest BCUT2D eigenvalue weighted by molar-refractivity contribution is 6.14. The van der Waals surface area contributed by atoms with E-state index in [1.807, 2.05) is 42.0 Å². The minimum Gasteiger partial charge on any atom is -0.478 e. The minimum atomic E-state index is -1.08. The van der Waals surface area contributed by atoms with Gasteiger partial charge in [0.05, 0.1) is 16.8 Å². The van der Waals surface area contributed by atoms with Crippen LogP contribution in [0.3, 0.4) is 0 Å². The lowest BCUT2D eigenvalue weighted by Gasteiger charge is -2.07. The molecule has 1 heterocycles. The summed E-state index contributed by atoms with van der Waals surface area (Å²) in [6.45, 7) is 2.69. The van der Waals surface area contributed by atoms with Crippen LogP contribution in [-0.2, 0) is 6.54 Å². The van der Waals surface area contributed by atoms with Crippen LogP contribution in [0.15, 0.2) is 79.0 Å². The van der Waals surface area contributed by atoms with E-state index in [2.05, 4.69) is 29.6 Å². The molecule has 0 aliphatic heterocycles. The average molecular weight is 384 g/mol. The summed E-state index contributed by atoms with van der Waals surface area (Å²) < 4.78 is 2.04. The van der Waals surface area contributed by atoms with Crippen molar-refractivity contribution in [1.82, 2.24) is 4.57 Å². The number of carbonyl (C=O) groups is 2. The Morgan fingerprint density at radius 1 is 0.897 bits per heavy atom. The maximum atomic E-state index is 13.0. The number of carboxylic acids is 1. The number of carbonyl (C=O) groups excluding carboxylic acids is 1. The maximum absolute atomic E-state index is 13.0. The SMILES string of the molecule is Cc1ccc(Cn2cc(C(=O)Nc3ccccc3C(=O)O)c3ccccc32)cc1. The first-order chi connectivity index (χ1) is 14.0. The number of carboxylic acid groups (broad SMARTS) is 1. The van der Waals surface area contributed by atoms with Gasteiger partial charge in [0.1, 0.15) is 0 Å². The Hall–Kier alpha value is -3.86. The minimum absolute atomic E-state index is 0.0595. The quantitative estimate of drug-likeness (QED) is 0.511. The number of aromatic nitrogens is 1. The molecular weight excluding hydrogens is 364 g/mol. The van der Waals surface area contributed by atoms with E-state index in [9.17, 15) is 14.7 Å². The Balaban J connectivity index is 1.70. The molecule has 0 unspecified atom stereocenters. The first-order valence-corrected chi connectivity index (χ1v) is 9.30. The number of rotatable bonds is 5. The zero-order chi connectivity index (χ0) is 20.4. The number of hydrogen-bond acceptors (Lipinski definition) is 2. The topological polar surface area (TPSA) is 71.3 Å².